The summed E-state index contributed by atoms with van der Waals surface area (Å²) >= 11 is 0. The number of aromatic nitrogens is 1. The smallest absolute Gasteiger partial charge is 0.278 e. The van der Waals surface area contributed by atoms with Gasteiger partial charge < -0.3 is 4.57 Å². The molecule has 0 unspecified atom stereocenters. The van der Waals surface area contributed by atoms with Gasteiger partial charge in [0.05, 0.1) is 0 Å². The van der Waals surface area contributed by atoms with Gasteiger partial charge in [0.15, 0.2) is 0 Å². The van der Waals surface area contributed by atoms with Gasteiger partial charge in [-0.3, -0.25) is 14.6 Å². The molecule has 0 spiro atoms. The largest absolute Gasteiger partial charge is 0.347 e. The first-order valence-corrected chi connectivity index (χ1v) is 8.33. The molecule has 5 nitrogen and oxygen atoms in total. The van der Waals surface area contributed by atoms with Crippen LogP contribution in [0.25, 0.3) is 17.0 Å². The number of nitrogens with zero attached hydrogens (tertiary/aromatic N) is 3. The van der Waals surface area contributed by atoms with Crippen LogP contribution in [0.1, 0.15) is 31.0 Å². The van der Waals surface area contributed by atoms with E-state index in [-0.39, 0.29) is 17.4 Å². The van der Waals surface area contributed by atoms with Crippen LogP contribution in [0.15, 0.2) is 29.8 Å². The van der Waals surface area contributed by atoms with E-state index in [9.17, 15) is 9.59 Å². The zero-order valence-electron chi connectivity index (χ0n) is 14.7. The lowest BCUT2D eigenvalue weighted by atomic mass is 10.1. The Kier molecular flexibility index (Phi) is 4.18. The maximum absolute atomic E-state index is 12.7. The second-order valence-corrected chi connectivity index (χ2v) is 6.24. The van der Waals surface area contributed by atoms with Gasteiger partial charge in [-0.15, -0.1) is 0 Å². The predicted molar refractivity (Wildman–Crippen MR) is 95.0 cm³/mol. The Hall–Kier alpha value is -2.56. The van der Waals surface area contributed by atoms with Crippen molar-refractivity contribution in [3.05, 3.63) is 41.1 Å². The summed E-state index contributed by atoms with van der Waals surface area (Å²) in [7, 11) is 3.66. The number of hydrazine groups is 1. The summed E-state index contributed by atoms with van der Waals surface area (Å²) in [4.78, 5) is 25.2. The van der Waals surface area contributed by atoms with Gasteiger partial charge in [-0.05, 0) is 25.5 Å². The molecule has 2 amide bonds. The number of fused-ring (bicyclic) bond motifs is 1. The quantitative estimate of drug-likeness (QED) is 0.641. The average molecular weight is 325 g/mol. The van der Waals surface area contributed by atoms with Gasteiger partial charge in [0.2, 0.25) is 0 Å². The molecular formula is C19H23N3O2. The molecule has 0 radical (unpaired) electrons. The highest BCUT2D eigenvalue weighted by Gasteiger charge is 2.38. The Morgan fingerprint density at radius 1 is 1.08 bits per heavy atom. The van der Waals surface area contributed by atoms with Crippen molar-refractivity contribution in [3.63, 3.8) is 0 Å². The Balaban J connectivity index is 2.08. The maximum Gasteiger partial charge on any atom is 0.278 e. The van der Waals surface area contributed by atoms with Crippen molar-refractivity contribution in [3.8, 4) is 0 Å². The molecule has 0 N–H and O–H groups in total. The Morgan fingerprint density at radius 2 is 1.79 bits per heavy atom. The molecule has 0 atom stereocenters. The number of rotatable bonds is 4. The monoisotopic (exact) mass is 325 g/mol. The highest BCUT2D eigenvalue weighted by Crippen LogP contribution is 2.29. The number of amides is 2. The minimum atomic E-state index is -0.233. The number of likely N-dealkylation sites (N-methyl/N-ethyl adjacent to an activating group) is 1. The molecule has 3 rings (SSSR count). The van der Waals surface area contributed by atoms with Crippen LogP contribution >= 0.6 is 0 Å². The second-order valence-electron chi connectivity index (χ2n) is 6.24. The lowest BCUT2D eigenvalue weighted by Crippen LogP contribution is -2.38. The van der Waals surface area contributed by atoms with E-state index in [1.54, 1.807) is 13.1 Å². The molecule has 1 aliphatic heterocycles. The van der Waals surface area contributed by atoms with Gasteiger partial charge in [-0.25, -0.2) is 5.01 Å². The first-order valence-electron chi connectivity index (χ1n) is 8.33. The number of carbonyl (C=O) groups excluding carboxylic acids is 2. The van der Waals surface area contributed by atoms with E-state index in [1.165, 1.54) is 10.0 Å². The fourth-order valence-electron chi connectivity index (χ4n) is 3.21. The number of para-hydroxylation sites is 1. The topological polar surface area (TPSA) is 45.6 Å². The summed E-state index contributed by atoms with van der Waals surface area (Å²) in [5.41, 5.74) is 3.32. The highest BCUT2D eigenvalue weighted by atomic mass is 16.2. The molecule has 0 aliphatic carbocycles. The second kappa shape index (κ2) is 6.15. The van der Waals surface area contributed by atoms with Gasteiger partial charge in [0, 0.05) is 42.8 Å². The number of hydrogen-bond donors (Lipinski definition) is 0. The molecule has 2 aromatic rings. The molecule has 1 aliphatic rings. The van der Waals surface area contributed by atoms with E-state index in [0.29, 0.717) is 6.54 Å². The van der Waals surface area contributed by atoms with Crippen LogP contribution in [0.5, 0.6) is 0 Å². The van der Waals surface area contributed by atoms with Crippen molar-refractivity contribution in [2.24, 2.45) is 7.05 Å². The van der Waals surface area contributed by atoms with Gasteiger partial charge in [-0.2, -0.15) is 0 Å². The Bertz CT molecular complexity index is 848. The van der Waals surface area contributed by atoms with E-state index < -0.39 is 0 Å². The Morgan fingerprint density at radius 3 is 2.50 bits per heavy atom. The van der Waals surface area contributed by atoms with Crippen LogP contribution in [0.3, 0.4) is 0 Å². The first kappa shape index (κ1) is 16.3. The molecular weight excluding hydrogens is 302 g/mol. The zero-order chi connectivity index (χ0) is 17.4. The van der Waals surface area contributed by atoms with E-state index in [4.69, 9.17) is 0 Å². The Labute approximate surface area is 142 Å². The summed E-state index contributed by atoms with van der Waals surface area (Å²) in [6, 6.07) is 8.03. The molecule has 0 saturated carbocycles. The molecule has 0 bridgehead atoms. The molecule has 24 heavy (non-hydrogen) atoms. The van der Waals surface area contributed by atoms with Crippen molar-refractivity contribution in [1.82, 2.24) is 14.6 Å². The van der Waals surface area contributed by atoms with Crippen molar-refractivity contribution >= 4 is 28.8 Å². The summed E-state index contributed by atoms with van der Waals surface area (Å²) in [5, 5.41) is 4.03. The van der Waals surface area contributed by atoms with Crippen molar-refractivity contribution < 1.29 is 9.59 Å². The van der Waals surface area contributed by atoms with E-state index in [2.05, 4.69) is 11.5 Å². The van der Waals surface area contributed by atoms with Crippen molar-refractivity contribution in [2.75, 3.05) is 13.6 Å². The highest BCUT2D eigenvalue weighted by molar-refractivity contribution is 6.25. The molecule has 1 aromatic heterocycles. The van der Waals surface area contributed by atoms with Gasteiger partial charge >= 0.3 is 0 Å². The van der Waals surface area contributed by atoms with E-state index >= 15 is 0 Å². The van der Waals surface area contributed by atoms with Gasteiger partial charge in [-0.1, -0.05) is 31.5 Å². The minimum Gasteiger partial charge on any atom is -0.347 e. The molecule has 1 fully saturated rings. The number of aryl methyl sites for hydroxylation is 1. The normalized spacial score (nSPS) is 16.9. The number of unbranched alkanes of at least 4 members (excludes halogenated alkanes) is 1. The van der Waals surface area contributed by atoms with Crippen molar-refractivity contribution in [1.29, 1.82) is 0 Å². The standard InChI is InChI=1S/C19H23N3O2/c1-5-6-11-22-19(24)16(18(23)21(22)4)12-15-13(2)20(3)17-10-8-7-9-14(15)17/h7-10,12H,5-6,11H2,1-4H3/b16-12+. The third-order valence-corrected chi connectivity index (χ3v) is 4.81. The summed E-state index contributed by atoms with van der Waals surface area (Å²) < 4.78 is 2.09. The third kappa shape index (κ3) is 2.40. The number of hydrogen-bond acceptors (Lipinski definition) is 2. The lowest BCUT2D eigenvalue weighted by Gasteiger charge is -2.22. The maximum atomic E-state index is 12.7. The molecule has 2 heterocycles. The fourth-order valence-corrected chi connectivity index (χ4v) is 3.21. The fraction of sp³-hybridized carbons (Fsp3) is 0.368. The first-order chi connectivity index (χ1) is 11.5. The summed E-state index contributed by atoms with van der Waals surface area (Å²) in [6.07, 6.45) is 3.61. The summed E-state index contributed by atoms with van der Waals surface area (Å²) in [5.74, 6) is -0.438. The predicted octanol–water partition coefficient (Wildman–Crippen LogP) is 2.89. The van der Waals surface area contributed by atoms with Crippen LogP contribution in [0, 0.1) is 6.92 Å². The van der Waals surface area contributed by atoms with Gasteiger partial charge in [0.1, 0.15) is 5.57 Å². The van der Waals surface area contributed by atoms with Crippen LogP contribution in [-0.2, 0) is 16.6 Å². The van der Waals surface area contributed by atoms with E-state index in [0.717, 1.165) is 35.0 Å². The SMILES string of the molecule is CCCCN1C(=O)/C(=C/c2c(C)n(C)c3ccccc23)C(=O)N1C. The number of carbonyl (C=O) groups is 2. The lowest BCUT2D eigenvalue weighted by molar-refractivity contribution is -0.143. The molecule has 1 saturated heterocycles. The molecule has 5 heteroatoms. The van der Waals surface area contributed by atoms with Crippen LogP contribution in [0.2, 0.25) is 0 Å². The average Bonchev–Trinajstić information content (AvgIpc) is 2.94. The van der Waals surface area contributed by atoms with Crippen LogP contribution in [-0.4, -0.2) is 40.0 Å². The number of benzene rings is 1. The van der Waals surface area contributed by atoms with Crippen molar-refractivity contribution in [2.45, 2.75) is 26.7 Å². The molecule has 126 valence electrons. The molecule has 1 aromatic carbocycles. The van der Waals surface area contributed by atoms with Crippen LogP contribution < -0.4 is 0 Å². The summed E-state index contributed by atoms with van der Waals surface area (Å²) in [6.45, 7) is 4.65. The van der Waals surface area contributed by atoms with E-state index in [1.807, 2.05) is 38.2 Å². The minimum absolute atomic E-state index is 0.205. The van der Waals surface area contributed by atoms with Crippen LogP contribution in [0.4, 0.5) is 0 Å². The van der Waals surface area contributed by atoms with Gasteiger partial charge in [0.25, 0.3) is 11.8 Å². The zero-order valence-corrected chi connectivity index (χ0v) is 14.7. The third-order valence-electron chi connectivity index (χ3n) is 4.81.